The predicted octanol–water partition coefficient (Wildman–Crippen LogP) is 1.92. The summed E-state index contributed by atoms with van der Waals surface area (Å²) >= 11 is 0. The largest absolute Gasteiger partial charge is 0.447 e. The fraction of sp³-hybridized carbons (Fsp3) is 0.438. The van der Waals surface area contributed by atoms with Crippen LogP contribution in [0.4, 0.5) is 4.79 Å². The van der Waals surface area contributed by atoms with E-state index in [9.17, 15) is 4.79 Å². The first-order chi connectivity index (χ1) is 15.2. The monoisotopic (exact) mass is 300 g/mol. The minimum Gasteiger partial charge on any atom is -0.447 e. The zero-order chi connectivity index (χ0) is 26.1. The van der Waals surface area contributed by atoms with Gasteiger partial charge in [0, 0.05) is 40.0 Å². The molecule has 5 nitrogen and oxygen atoms in total. The number of nitrogens with one attached hydrogen (secondary N) is 2. The number of carbonyl (C=O) groups excluding carboxylic acids is 1. The number of fused-ring (bicyclic) bond motifs is 1. The molecule has 1 atom stereocenters. The van der Waals surface area contributed by atoms with Gasteiger partial charge >= 0.3 is 6.09 Å². The number of alkyl carbamates (subject to hydrolysis) is 1. The Morgan fingerprint density at radius 1 is 1.57 bits per heavy atom. The molecule has 21 heavy (non-hydrogen) atoms. The molecular weight excluding hydrogens is 266 g/mol. The van der Waals surface area contributed by atoms with Crippen molar-refractivity contribution in [3.63, 3.8) is 0 Å². The van der Waals surface area contributed by atoms with Gasteiger partial charge in [-0.15, -0.1) is 0 Å². The number of aryl methyl sites for hydroxylation is 1. The van der Waals surface area contributed by atoms with Crippen LogP contribution in [-0.4, -0.2) is 49.1 Å². The molecule has 0 unspecified atom stereocenters. The van der Waals surface area contributed by atoms with Crippen LogP contribution in [0.2, 0.25) is 0 Å². The molecule has 0 radical (unpaired) electrons. The molecule has 0 aliphatic carbocycles. The van der Waals surface area contributed by atoms with Crippen LogP contribution in [0.15, 0.2) is 24.4 Å². The minimum atomic E-state index is -3.66. The molecule has 0 spiro atoms. The van der Waals surface area contributed by atoms with E-state index in [0.717, 1.165) is 6.07 Å². The van der Waals surface area contributed by atoms with Crippen molar-refractivity contribution in [3.8, 4) is 0 Å². The lowest BCUT2D eigenvalue weighted by Gasteiger charge is -2.09. The summed E-state index contributed by atoms with van der Waals surface area (Å²) in [5.41, 5.74) is -0.633. The van der Waals surface area contributed by atoms with Crippen molar-refractivity contribution < 1.29 is 27.4 Å². The molecule has 5 heteroatoms. The maximum absolute atomic E-state index is 11.4. The van der Waals surface area contributed by atoms with E-state index in [4.69, 9.17) is 22.6 Å². The number of benzene rings is 1. The summed E-state index contributed by atoms with van der Waals surface area (Å²) in [5.74, 6) is 0. The highest BCUT2D eigenvalue weighted by Crippen LogP contribution is 2.21. The van der Waals surface area contributed by atoms with Crippen LogP contribution in [0.3, 0.4) is 0 Å². The molecule has 2 N–H and O–H groups in total. The van der Waals surface area contributed by atoms with Crippen LogP contribution in [0.25, 0.3) is 10.9 Å². The number of aromatic amines is 1. The van der Waals surface area contributed by atoms with Crippen LogP contribution in [0.1, 0.15) is 28.9 Å². The van der Waals surface area contributed by atoms with Gasteiger partial charge in [0.2, 0.25) is 0 Å². The van der Waals surface area contributed by atoms with E-state index in [-0.39, 0.29) is 23.1 Å². The van der Waals surface area contributed by atoms with Gasteiger partial charge in [-0.2, -0.15) is 0 Å². The number of nitrogens with zero attached hydrogens (tertiary/aromatic N) is 1. The van der Waals surface area contributed by atoms with E-state index >= 15 is 0 Å². The lowest BCUT2D eigenvalue weighted by molar-refractivity contribution is 0.177. The van der Waals surface area contributed by atoms with E-state index in [2.05, 4.69) is 10.3 Å². The van der Waals surface area contributed by atoms with Gasteiger partial charge in [-0.25, -0.2) is 4.79 Å². The standard InChI is InChI=1S/C16H21N3O2/c1-19(2)6-5-12-9-17-15-4-3-11(8-14(12)15)7-13-10-21-16(20)18-13/h3-4,8-9,13,17H,5-7,10H2,1-2H3,(H,18,20)/t13-/m0/s1/i1D3,2D3,5D2,6D2,7D2,9D. The van der Waals surface area contributed by atoms with Crippen molar-refractivity contribution >= 4 is 17.0 Å². The Labute approximate surface area is 142 Å². The van der Waals surface area contributed by atoms with E-state index in [0.29, 0.717) is 0 Å². The minimum absolute atomic E-state index is 0.0593. The maximum atomic E-state index is 11.4. The SMILES string of the molecule is [2H]c1[nH]c2ccc(C([2H])([2H])[C@H]3COC(=O)N3)cc2c1C([2H])([2H])C([2H])([2H])N(C([2H])([2H])[2H])C([2H])([2H])[2H]. The number of hydrogen-bond acceptors (Lipinski definition) is 3. The van der Waals surface area contributed by atoms with Crippen molar-refractivity contribution in [2.75, 3.05) is 27.1 Å². The Kier molecular flexibility index (Phi) is 1.46. The maximum Gasteiger partial charge on any atom is 0.407 e. The third-order valence-corrected chi connectivity index (χ3v) is 2.92. The highest BCUT2D eigenvalue weighted by atomic mass is 16.6. The van der Waals surface area contributed by atoms with Crippen molar-refractivity contribution in [2.24, 2.45) is 0 Å². The zero-order valence-corrected chi connectivity index (χ0v) is 10.8. The van der Waals surface area contributed by atoms with Gasteiger partial charge in [-0.3, -0.25) is 0 Å². The zero-order valence-electron chi connectivity index (χ0n) is 23.8. The fourth-order valence-corrected chi connectivity index (χ4v) is 2.02. The lowest BCUT2D eigenvalue weighted by Crippen LogP contribution is -2.28. The highest BCUT2D eigenvalue weighted by Gasteiger charge is 2.22. The molecule has 1 aliphatic rings. The summed E-state index contributed by atoms with van der Waals surface area (Å²) in [7, 11) is 0. The van der Waals surface area contributed by atoms with E-state index < -0.39 is 62.0 Å². The summed E-state index contributed by atoms with van der Waals surface area (Å²) in [6.45, 7) is -11.0. The van der Waals surface area contributed by atoms with Gasteiger partial charge in [0.15, 0.2) is 0 Å². The van der Waals surface area contributed by atoms with Crippen molar-refractivity contribution in [1.82, 2.24) is 15.2 Å². The lowest BCUT2D eigenvalue weighted by atomic mass is 10.0. The van der Waals surface area contributed by atoms with Crippen LogP contribution >= 0.6 is 0 Å². The second kappa shape index (κ2) is 5.77. The number of H-pyrrole nitrogens is 1. The second-order valence-electron chi connectivity index (χ2n) is 4.40. The predicted molar refractivity (Wildman–Crippen MR) is 82.5 cm³/mol. The molecule has 112 valence electrons. The van der Waals surface area contributed by atoms with E-state index in [1.165, 1.54) is 12.1 Å². The number of carbonyl (C=O) groups is 1. The molecule has 1 aromatic heterocycles. The third kappa shape index (κ3) is 3.19. The smallest absolute Gasteiger partial charge is 0.407 e. The molecular formula is C16H21N3O2. The summed E-state index contributed by atoms with van der Waals surface area (Å²) in [6, 6.07) is 2.71. The van der Waals surface area contributed by atoms with Crippen LogP contribution in [-0.2, 0) is 17.5 Å². The Bertz CT molecular complexity index is 1090. The molecule has 1 saturated heterocycles. The molecule has 1 amide bonds. The van der Waals surface area contributed by atoms with Gasteiger partial charge in [0.25, 0.3) is 0 Å². The van der Waals surface area contributed by atoms with Gasteiger partial charge in [0.1, 0.15) is 6.61 Å². The highest BCUT2D eigenvalue weighted by molar-refractivity contribution is 5.84. The van der Waals surface area contributed by atoms with Crippen LogP contribution in [0, 0.1) is 0 Å². The van der Waals surface area contributed by atoms with Crippen molar-refractivity contribution in [3.05, 3.63) is 35.5 Å². The molecule has 1 aromatic carbocycles. The summed E-state index contributed by atoms with van der Waals surface area (Å²) in [6.07, 6.45) is -7.03. The van der Waals surface area contributed by atoms with Crippen LogP contribution < -0.4 is 5.32 Å². The average molecular weight is 300 g/mol. The third-order valence-electron chi connectivity index (χ3n) is 2.92. The number of hydrogen-bond donors (Lipinski definition) is 2. The quantitative estimate of drug-likeness (QED) is 0.887. The van der Waals surface area contributed by atoms with Gasteiger partial charge < -0.3 is 19.9 Å². The second-order valence-corrected chi connectivity index (χ2v) is 4.40. The molecule has 0 saturated carbocycles. The molecule has 1 aliphatic heterocycles. The summed E-state index contributed by atoms with van der Waals surface area (Å²) in [5, 5.41) is 2.17. The van der Waals surface area contributed by atoms with E-state index in [1.54, 1.807) is 0 Å². The Morgan fingerprint density at radius 2 is 2.48 bits per heavy atom. The van der Waals surface area contributed by atoms with Gasteiger partial charge in [-0.1, -0.05) is 6.07 Å². The number of aromatic nitrogens is 1. The summed E-state index contributed by atoms with van der Waals surface area (Å²) < 4.78 is 108. The number of ether oxygens (including phenoxy) is 1. The number of likely N-dealkylation sites (N-methyl/N-ethyl adjacent to an activating group) is 1. The molecule has 3 rings (SSSR count). The van der Waals surface area contributed by atoms with Gasteiger partial charge in [0.05, 0.1) is 7.41 Å². The Morgan fingerprint density at radius 3 is 3.24 bits per heavy atom. The topological polar surface area (TPSA) is 57.4 Å². The van der Waals surface area contributed by atoms with Crippen molar-refractivity contribution in [2.45, 2.75) is 18.8 Å². The average Bonchev–Trinajstić information content (AvgIpc) is 3.20. The molecule has 2 aromatic rings. The first kappa shape index (κ1) is 5.32. The molecule has 2 heterocycles. The van der Waals surface area contributed by atoms with Crippen molar-refractivity contribution in [1.29, 1.82) is 0 Å². The molecule has 1 fully saturated rings. The first-order valence-corrected chi connectivity index (χ1v) is 6.09. The van der Waals surface area contributed by atoms with E-state index in [1.807, 2.05) is 0 Å². The Hall–Kier alpha value is -2.01. The normalized spacial score (nSPS) is 30.6. The van der Waals surface area contributed by atoms with Gasteiger partial charge in [-0.05, 0) is 50.0 Å². The first-order valence-electron chi connectivity index (χ1n) is 12.6. The van der Waals surface area contributed by atoms with Crippen LogP contribution in [0.5, 0.6) is 0 Å². The summed E-state index contributed by atoms with van der Waals surface area (Å²) in [4.78, 5) is 13.3. The Balaban J connectivity index is 2.19. The number of amides is 1. The molecule has 0 bridgehead atoms. The fourth-order valence-electron chi connectivity index (χ4n) is 2.02. The number of cyclic esters (lactones) is 1. The number of rotatable bonds is 5.